The lowest BCUT2D eigenvalue weighted by Crippen LogP contribution is -2.38. The van der Waals surface area contributed by atoms with Crippen LogP contribution in [0.4, 0.5) is 4.39 Å². The van der Waals surface area contributed by atoms with Crippen LogP contribution in [0.15, 0.2) is 54.2 Å². The second kappa shape index (κ2) is 8.30. The molecule has 156 valence electrons. The summed E-state index contributed by atoms with van der Waals surface area (Å²) in [6.45, 7) is 3.84. The van der Waals surface area contributed by atoms with Gasteiger partial charge in [-0.25, -0.2) is 4.39 Å². The van der Waals surface area contributed by atoms with Gasteiger partial charge in [0.2, 0.25) is 0 Å². The van der Waals surface area contributed by atoms with Gasteiger partial charge in [-0.1, -0.05) is 31.2 Å². The molecule has 2 amide bonds. The third-order valence-corrected chi connectivity index (χ3v) is 5.88. The van der Waals surface area contributed by atoms with Crippen molar-refractivity contribution in [2.75, 3.05) is 20.2 Å². The lowest BCUT2D eigenvalue weighted by atomic mass is 9.97. The minimum absolute atomic E-state index is 0.181. The van der Waals surface area contributed by atoms with Crippen molar-refractivity contribution >= 4 is 17.4 Å². The Labute approximate surface area is 175 Å². The number of amides is 2. The number of piperidine rings is 1. The highest BCUT2D eigenvalue weighted by Gasteiger charge is 2.42. The number of nitrogens with zero attached hydrogens (tertiary/aromatic N) is 2. The number of imide groups is 1. The maximum Gasteiger partial charge on any atom is 0.278 e. The Balaban J connectivity index is 1.68. The van der Waals surface area contributed by atoms with Crippen molar-refractivity contribution in [2.45, 2.75) is 26.3 Å². The van der Waals surface area contributed by atoms with Gasteiger partial charge in [-0.3, -0.25) is 14.5 Å². The van der Waals surface area contributed by atoms with Gasteiger partial charge in [0.05, 0.1) is 19.2 Å². The highest BCUT2D eigenvalue weighted by Crippen LogP contribution is 2.34. The van der Waals surface area contributed by atoms with Crippen molar-refractivity contribution in [3.8, 4) is 5.75 Å². The molecule has 0 aliphatic carbocycles. The van der Waals surface area contributed by atoms with Crippen molar-refractivity contribution < 1.29 is 18.7 Å². The molecule has 0 unspecified atom stereocenters. The first-order valence-electron chi connectivity index (χ1n) is 10.2. The summed E-state index contributed by atoms with van der Waals surface area (Å²) in [6.07, 6.45) is 1.94. The zero-order valence-electron chi connectivity index (χ0n) is 17.2. The number of halogens is 1. The fourth-order valence-electron chi connectivity index (χ4n) is 4.02. The van der Waals surface area contributed by atoms with E-state index in [2.05, 4.69) is 6.92 Å². The molecule has 2 heterocycles. The van der Waals surface area contributed by atoms with Crippen LogP contribution in [0.1, 0.15) is 30.9 Å². The summed E-state index contributed by atoms with van der Waals surface area (Å²) in [7, 11) is 1.59. The largest absolute Gasteiger partial charge is 0.497 e. The summed E-state index contributed by atoms with van der Waals surface area (Å²) in [5.41, 5.74) is 2.21. The Morgan fingerprint density at radius 3 is 2.20 bits per heavy atom. The Morgan fingerprint density at radius 2 is 1.60 bits per heavy atom. The van der Waals surface area contributed by atoms with E-state index in [-0.39, 0.29) is 24.2 Å². The molecule has 1 saturated heterocycles. The van der Waals surface area contributed by atoms with E-state index in [0.717, 1.165) is 31.5 Å². The molecule has 0 radical (unpaired) electrons. The molecule has 1 fully saturated rings. The first-order valence-corrected chi connectivity index (χ1v) is 10.2. The number of hydrogen-bond acceptors (Lipinski definition) is 4. The van der Waals surface area contributed by atoms with Crippen LogP contribution >= 0.6 is 0 Å². The number of likely N-dealkylation sites (tertiary alicyclic amines) is 1. The predicted octanol–water partition coefficient (Wildman–Crippen LogP) is 3.85. The molecule has 2 aliphatic heterocycles. The lowest BCUT2D eigenvalue weighted by molar-refractivity contribution is -0.138. The van der Waals surface area contributed by atoms with Gasteiger partial charge in [0.25, 0.3) is 11.8 Å². The first kappa shape index (κ1) is 20.1. The number of carbonyl (C=O) groups is 2. The molecule has 5 nitrogen and oxygen atoms in total. The van der Waals surface area contributed by atoms with E-state index >= 15 is 0 Å². The van der Waals surface area contributed by atoms with Crippen molar-refractivity contribution in [2.24, 2.45) is 5.92 Å². The Kier molecular flexibility index (Phi) is 5.57. The molecule has 0 aromatic heterocycles. The van der Waals surface area contributed by atoms with Crippen LogP contribution in [0.25, 0.3) is 5.57 Å². The van der Waals surface area contributed by atoms with Crippen LogP contribution in [0.5, 0.6) is 5.75 Å². The second-order valence-corrected chi connectivity index (χ2v) is 7.94. The second-order valence-electron chi connectivity index (χ2n) is 7.94. The number of ether oxygens (including phenoxy) is 1. The summed E-state index contributed by atoms with van der Waals surface area (Å²) < 4.78 is 18.6. The molecule has 0 spiro atoms. The van der Waals surface area contributed by atoms with Crippen LogP contribution in [-0.2, 0) is 16.1 Å². The van der Waals surface area contributed by atoms with E-state index in [9.17, 15) is 14.0 Å². The van der Waals surface area contributed by atoms with Crippen LogP contribution in [0.3, 0.4) is 0 Å². The summed E-state index contributed by atoms with van der Waals surface area (Å²) >= 11 is 0. The fraction of sp³-hybridized carbons (Fsp3) is 0.333. The van der Waals surface area contributed by atoms with E-state index < -0.39 is 0 Å². The highest BCUT2D eigenvalue weighted by atomic mass is 19.1. The standard InChI is InChI=1S/C24H25FN2O3/c1-16-11-13-26(14-12-16)22-21(18-5-7-19(25)8-6-18)23(28)27(24(22)29)15-17-3-9-20(30-2)10-4-17/h3-10,16H,11-15H2,1-2H3. The van der Waals surface area contributed by atoms with Gasteiger partial charge in [-0.05, 0) is 54.2 Å². The minimum Gasteiger partial charge on any atom is -0.497 e. The maximum atomic E-state index is 13.5. The molecule has 30 heavy (non-hydrogen) atoms. The van der Waals surface area contributed by atoms with Crippen LogP contribution in [0.2, 0.25) is 0 Å². The van der Waals surface area contributed by atoms with Gasteiger partial charge < -0.3 is 9.64 Å². The van der Waals surface area contributed by atoms with Gasteiger partial charge >= 0.3 is 0 Å². The molecule has 0 N–H and O–H groups in total. The summed E-state index contributed by atoms with van der Waals surface area (Å²) in [6, 6.07) is 13.1. The van der Waals surface area contributed by atoms with Crippen LogP contribution in [-0.4, -0.2) is 41.8 Å². The zero-order chi connectivity index (χ0) is 21.3. The molecule has 2 aromatic carbocycles. The van der Waals surface area contributed by atoms with Gasteiger partial charge in [0, 0.05) is 13.1 Å². The maximum absolute atomic E-state index is 13.5. The van der Waals surface area contributed by atoms with Crippen molar-refractivity contribution in [3.05, 3.63) is 71.2 Å². The Hall–Kier alpha value is -3.15. The first-order chi connectivity index (χ1) is 14.5. The van der Waals surface area contributed by atoms with Gasteiger partial charge in [-0.15, -0.1) is 0 Å². The molecule has 6 heteroatoms. The predicted molar refractivity (Wildman–Crippen MR) is 112 cm³/mol. The van der Waals surface area contributed by atoms with Crippen LogP contribution in [0, 0.1) is 11.7 Å². The monoisotopic (exact) mass is 408 g/mol. The number of benzene rings is 2. The Morgan fingerprint density at radius 1 is 0.967 bits per heavy atom. The van der Waals surface area contributed by atoms with Gasteiger partial charge in [0.1, 0.15) is 17.3 Å². The van der Waals surface area contributed by atoms with E-state index in [4.69, 9.17) is 4.74 Å². The molecule has 0 atom stereocenters. The van der Waals surface area contributed by atoms with Crippen molar-refractivity contribution in [1.29, 1.82) is 0 Å². The fourth-order valence-corrected chi connectivity index (χ4v) is 4.02. The molecule has 0 saturated carbocycles. The SMILES string of the molecule is COc1ccc(CN2C(=O)C(c3ccc(F)cc3)=C(N3CCC(C)CC3)C2=O)cc1. The molecule has 0 bridgehead atoms. The topological polar surface area (TPSA) is 49.9 Å². The molecule has 4 rings (SSSR count). The molecule has 2 aromatic rings. The highest BCUT2D eigenvalue weighted by molar-refractivity contribution is 6.35. The number of methoxy groups -OCH3 is 1. The quantitative estimate of drug-likeness (QED) is 0.706. The van der Waals surface area contributed by atoms with Crippen molar-refractivity contribution in [3.63, 3.8) is 0 Å². The summed E-state index contributed by atoms with van der Waals surface area (Å²) in [5.74, 6) is 0.310. The third-order valence-electron chi connectivity index (χ3n) is 5.88. The van der Waals surface area contributed by atoms with E-state index in [1.807, 2.05) is 29.2 Å². The summed E-state index contributed by atoms with van der Waals surface area (Å²) in [4.78, 5) is 30.0. The lowest BCUT2D eigenvalue weighted by Gasteiger charge is -2.32. The number of rotatable bonds is 5. The smallest absolute Gasteiger partial charge is 0.278 e. The average molecular weight is 408 g/mol. The van der Waals surface area contributed by atoms with Crippen molar-refractivity contribution in [1.82, 2.24) is 9.80 Å². The normalized spacial score (nSPS) is 17.8. The number of hydrogen-bond donors (Lipinski definition) is 0. The Bertz CT molecular complexity index is 975. The summed E-state index contributed by atoms with van der Waals surface area (Å²) in [5, 5.41) is 0. The van der Waals surface area contributed by atoms with Gasteiger partial charge in [-0.2, -0.15) is 0 Å². The average Bonchev–Trinajstić information content (AvgIpc) is 3.00. The molecular formula is C24H25FN2O3. The molecule has 2 aliphatic rings. The van der Waals surface area contributed by atoms with E-state index in [1.54, 1.807) is 19.2 Å². The number of carbonyl (C=O) groups excluding carboxylic acids is 2. The van der Waals surface area contributed by atoms with Gasteiger partial charge in [0.15, 0.2) is 0 Å². The van der Waals surface area contributed by atoms with Crippen LogP contribution < -0.4 is 4.74 Å². The third kappa shape index (κ3) is 3.82. The van der Waals surface area contributed by atoms with E-state index in [0.29, 0.717) is 28.5 Å². The molecular weight excluding hydrogens is 383 g/mol. The zero-order valence-corrected chi connectivity index (χ0v) is 17.2. The minimum atomic E-state index is -0.375. The van der Waals surface area contributed by atoms with E-state index in [1.165, 1.54) is 17.0 Å².